The van der Waals surface area contributed by atoms with Crippen molar-refractivity contribution >= 4 is 33.7 Å². The highest BCUT2D eigenvalue weighted by molar-refractivity contribution is 7.18. The van der Waals surface area contributed by atoms with Crippen molar-refractivity contribution in [2.45, 2.75) is 39.0 Å². The van der Waals surface area contributed by atoms with Gasteiger partial charge in [-0.05, 0) is 55.0 Å². The van der Waals surface area contributed by atoms with Crippen LogP contribution in [0.1, 0.15) is 48.0 Å². The Morgan fingerprint density at radius 3 is 2.88 bits per heavy atom. The molecule has 4 rings (SSSR count). The number of rotatable bonds is 6. The van der Waals surface area contributed by atoms with Gasteiger partial charge in [-0.3, -0.25) is 4.79 Å². The molecule has 0 fully saturated rings. The summed E-state index contributed by atoms with van der Waals surface area (Å²) < 4.78 is 5.68. The van der Waals surface area contributed by atoms with Gasteiger partial charge in [0.25, 0.3) is 5.56 Å². The zero-order valence-corrected chi connectivity index (χ0v) is 15.7. The van der Waals surface area contributed by atoms with Crippen LogP contribution in [0.5, 0.6) is 5.75 Å². The summed E-state index contributed by atoms with van der Waals surface area (Å²) in [6.45, 7) is 2.90. The number of aromatic amines is 1. The average molecular weight is 366 g/mol. The van der Waals surface area contributed by atoms with Gasteiger partial charge in [-0.2, -0.15) is 0 Å². The van der Waals surface area contributed by atoms with Gasteiger partial charge in [0.05, 0.1) is 12.0 Å². The fourth-order valence-corrected chi connectivity index (χ4v) is 4.55. The first-order chi connectivity index (χ1) is 12.7. The summed E-state index contributed by atoms with van der Waals surface area (Å²) in [5.41, 5.74) is 2.24. The molecule has 1 aliphatic carbocycles. The summed E-state index contributed by atoms with van der Waals surface area (Å²) in [4.78, 5) is 22.2. The van der Waals surface area contributed by atoms with Crippen LogP contribution in [0.2, 0.25) is 0 Å². The van der Waals surface area contributed by atoms with Crippen molar-refractivity contribution in [3.05, 3.63) is 56.4 Å². The standard InChI is InChI=1S/C21H22N2O2S/c1-2-3-13-25-15-10-7-14(8-11-15)9-12-18-22-20(24)19-16-5-4-6-17(16)26-21(19)23-18/h7-12H,2-6,13H2,1H3,(H,22,23,24)/b12-9+. The van der Waals surface area contributed by atoms with Gasteiger partial charge < -0.3 is 9.72 Å². The van der Waals surface area contributed by atoms with E-state index in [0.29, 0.717) is 5.82 Å². The van der Waals surface area contributed by atoms with Gasteiger partial charge in [0.1, 0.15) is 16.4 Å². The van der Waals surface area contributed by atoms with Crippen LogP contribution in [0.3, 0.4) is 0 Å². The molecule has 1 N–H and O–H groups in total. The number of unbranched alkanes of at least 4 members (excludes halogenated alkanes) is 1. The summed E-state index contributed by atoms with van der Waals surface area (Å²) in [6.07, 6.45) is 9.24. The first kappa shape index (κ1) is 17.0. The third-order valence-electron chi connectivity index (χ3n) is 4.67. The largest absolute Gasteiger partial charge is 0.494 e. The normalized spacial score (nSPS) is 13.6. The minimum atomic E-state index is -0.0197. The van der Waals surface area contributed by atoms with Crippen LogP contribution in [-0.2, 0) is 12.8 Å². The summed E-state index contributed by atoms with van der Waals surface area (Å²) >= 11 is 1.67. The van der Waals surface area contributed by atoms with Crippen LogP contribution in [0, 0.1) is 0 Å². The number of benzene rings is 1. The lowest BCUT2D eigenvalue weighted by atomic mass is 10.2. The van der Waals surface area contributed by atoms with Crippen LogP contribution >= 0.6 is 11.3 Å². The molecular weight excluding hydrogens is 344 g/mol. The number of H-pyrrole nitrogens is 1. The van der Waals surface area contributed by atoms with Crippen molar-refractivity contribution in [2.75, 3.05) is 6.61 Å². The van der Waals surface area contributed by atoms with E-state index in [1.807, 2.05) is 36.4 Å². The third-order valence-corrected chi connectivity index (χ3v) is 5.86. The summed E-state index contributed by atoms with van der Waals surface area (Å²) in [5, 5.41) is 0.799. The van der Waals surface area contributed by atoms with Gasteiger partial charge in [-0.25, -0.2) is 4.98 Å². The molecule has 26 heavy (non-hydrogen) atoms. The van der Waals surface area contributed by atoms with Crippen molar-refractivity contribution < 1.29 is 4.74 Å². The lowest BCUT2D eigenvalue weighted by molar-refractivity contribution is 0.309. The molecular formula is C21H22N2O2S. The van der Waals surface area contributed by atoms with E-state index in [1.54, 1.807) is 11.3 Å². The molecule has 0 saturated carbocycles. The number of thiophene rings is 1. The van der Waals surface area contributed by atoms with E-state index < -0.39 is 0 Å². The lowest BCUT2D eigenvalue weighted by Crippen LogP contribution is -2.09. The maximum atomic E-state index is 12.5. The monoisotopic (exact) mass is 366 g/mol. The highest BCUT2D eigenvalue weighted by atomic mass is 32.1. The maximum absolute atomic E-state index is 12.5. The van der Waals surface area contributed by atoms with Crippen LogP contribution in [0.4, 0.5) is 0 Å². The molecule has 0 bridgehead atoms. The second-order valence-electron chi connectivity index (χ2n) is 6.59. The van der Waals surface area contributed by atoms with Gasteiger partial charge in [0, 0.05) is 4.88 Å². The molecule has 0 aliphatic heterocycles. The smallest absolute Gasteiger partial charge is 0.260 e. The van der Waals surface area contributed by atoms with Crippen LogP contribution < -0.4 is 10.3 Å². The number of fused-ring (bicyclic) bond motifs is 3. The minimum absolute atomic E-state index is 0.0197. The van der Waals surface area contributed by atoms with Crippen molar-refractivity contribution in [3.8, 4) is 5.75 Å². The predicted octanol–water partition coefficient (Wildman–Crippen LogP) is 4.82. The lowest BCUT2D eigenvalue weighted by Gasteiger charge is -2.05. The van der Waals surface area contributed by atoms with Crippen LogP contribution in [-0.4, -0.2) is 16.6 Å². The molecule has 1 aromatic carbocycles. The molecule has 0 saturated heterocycles. The topological polar surface area (TPSA) is 55.0 Å². The summed E-state index contributed by atoms with van der Waals surface area (Å²) in [5.74, 6) is 1.49. The Morgan fingerprint density at radius 1 is 1.23 bits per heavy atom. The first-order valence-electron chi connectivity index (χ1n) is 9.20. The number of ether oxygens (including phenoxy) is 1. The third kappa shape index (κ3) is 3.44. The fourth-order valence-electron chi connectivity index (χ4n) is 3.28. The van der Waals surface area contributed by atoms with Gasteiger partial charge in [-0.15, -0.1) is 11.3 Å². The van der Waals surface area contributed by atoms with Gasteiger partial charge in [-0.1, -0.05) is 31.6 Å². The fraction of sp³-hybridized carbons (Fsp3) is 0.333. The molecule has 134 valence electrons. The summed E-state index contributed by atoms with van der Waals surface area (Å²) in [7, 11) is 0. The zero-order chi connectivity index (χ0) is 17.9. The molecule has 2 heterocycles. The van der Waals surface area contributed by atoms with E-state index in [2.05, 4.69) is 16.9 Å². The number of aromatic nitrogens is 2. The highest BCUT2D eigenvalue weighted by Gasteiger charge is 2.20. The van der Waals surface area contributed by atoms with Crippen LogP contribution in [0.25, 0.3) is 22.4 Å². The van der Waals surface area contributed by atoms with E-state index in [-0.39, 0.29) is 5.56 Å². The Labute approximate surface area is 156 Å². The molecule has 3 aromatic rings. The van der Waals surface area contributed by atoms with Gasteiger partial charge in [0.15, 0.2) is 0 Å². The molecule has 0 unspecified atom stereocenters. The molecule has 0 radical (unpaired) electrons. The van der Waals surface area contributed by atoms with Gasteiger partial charge >= 0.3 is 0 Å². The quantitative estimate of drug-likeness (QED) is 0.636. The van der Waals surface area contributed by atoms with Gasteiger partial charge in [0.2, 0.25) is 0 Å². The number of nitrogens with one attached hydrogen (secondary N) is 1. The SMILES string of the molecule is CCCCOc1ccc(/C=C/c2nc3sc4c(c3c(=O)[nH]2)CCC4)cc1. The second-order valence-corrected chi connectivity index (χ2v) is 7.68. The Balaban J connectivity index is 1.52. The van der Waals surface area contributed by atoms with E-state index in [1.165, 1.54) is 10.4 Å². The van der Waals surface area contributed by atoms with E-state index in [9.17, 15) is 4.79 Å². The molecule has 0 spiro atoms. The molecule has 2 aromatic heterocycles. The van der Waals surface area contributed by atoms with Crippen molar-refractivity contribution in [1.82, 2.24) is 9.97 Å². The van der Waals surface area contributed by atoms with E-state index in [0.717, 1.165) is 60.2 Å². The maximum Gasteiger partial charge on any atom is 0.260 e. The number of nitrogens with zero attached hydrogens (tertiary/aromatic N) is 1. The minimum Gasteiger partial charge on any atom is -0.494 e. The van der Waals surface area contributed by atoms with Crippen molar-refractivity contribution in [1.29, 1.82) is 0 Å². The molecule has 4 nitrogen and oxygen atoms in total. The second kappa shape index (κ2) is 7.46. The molecule has 5 heteroatoms. The molecule has 0 amide bonds. The Morgan fingerprint density at radius 2 is 2.08 bits per heavy atom. The highest BCUT2D eigenvalue weighted by Crippen LogP contribution is 2.34. The zero-order valence-electron chi connectivity index (χ0n) is 14.9. The van der Waals surface area contributed by atoms with Crippen molar-refractivity contribution in [3.63, 3.8) is 0 Å². The Hall–Kier alpha value is -2.40. The predicted molar refractivity (Wildman–Crippen MR) is 108 cm³/mol. The molecule has 1 aliphatic rings. The first-order valence-corrected chi connectivity index (χ1v) is 10.0. The van der Waals surface area contributed by atoms with Crippen LogP contribution in [0.15, 0.2) is 29.1 Å². The average Bonchev–Trinajstić information content (AvgIpc) is 3.22. The number of hydrogen-bond acceptors (Lipinski definition) is 4. The number of hydrogen-bond donors (Lipinski definition) is 1. The Bertz CT molecular complexity index is 999. The number of aryl methyl sites for hydroxylation is 2. The summed E-state index contributed by atoms with van der Waals surface area (Å²) in [6, 6.07) is 7.96. The molecule has 0 atom stereocenters. The Kier molecular flexibility index (Phi) is 4.89. The van der Waals surface area contributed by atoms with Crippen molar-refractivity contribution in [2.24, 2.45) is 0 Å². The van der Waals surface area contributed by atoms with E-state index >= 15 is 0 Å². The van der Waals surface area contributed by atoms with E-state index in [4.69, 9.17) is 4.74 Å².